The van der Waals surface area contributed by atoms with E-state index in [1.807, 2.05) is 25.2 Å². The smallest absolute Gasteiger partial charge is 0.145 e. The number of allylic oxidation sites excluding steroid dienone is 5. The minimum absolute atomic E-state index is 0.921. The van der Waals surface area contributed by atoms with Gasteiger partial charge in [0.2, 0.25) is 0 Å². The molecule has 0 amide bonds. The minimum atomic E-state index is 0.921. The number of fused-ring (bicyclic) bond motifs is 11. The second-order valence-corrected chi connectivity index (χ2v) is 11.7. The van der Waals surface area contributed by atoms with Crippen LogP contribution in [-0.2, 0) is 0 Å². The van der Waals surface area contributed by atoms with Gasteiger partial charge in [0.05, 0.1) is 32.8 Å². The fourth-order valence-corrected chi connectivity index (χ4v) is 7.16. The van der Waals surface area contributed by atoms with Crippen LogP contribution in [0, 0.1) is 0 Å². The van der Waals surface area contributed by atoms with Crippen LogP contribution in [0.1, 0.15) is 6.92 Å². The fourth-order valence-electron chi connectivity index (χ4n) is 7.16. The first kappa shape index (κ1) is 26.4. The van der Waals surface area contributed by atoms with Crippen molar-refractivity contribution in [2.24, 2.45) is 0 Å². The van der Waals surface area contributed by atoms with E-state index >= 15 is 0 Å². The summed E-state index contributed by atoms with van der Waals surface area (Å²) in [5.41, 5.74) is 9.92. The van der Waals surface area contributed by atoms with Gasteiger partial charge in [0.25, 0.3) is 0 Å². The highest BCUT2D eigenvalue weighted by molar-refractivity contribution is 6.30. The maximum absolute atomic E-state index is 7.13. The van der Waals surface area contributed by atoms with Gasteiger partial charge in [0.1, 0.15) is 11.2 Å². The molecule has 0 aliphatic rings. The molecule has 6 aromatic carbocycles. The van der Waals surface area contributed by atoms with Gasteiger partial charge in [-0.05, 0) is 72.7 Å². The summed E-state index contributed by atoms with van der Waals surface area (Å²) in [4.78, 5) is 0. The zero-order valence-electron chi connectivity index (χ0n) is 25.4. The summed E-state index contributed by atoms with van der Waals surface area (Å²) in [6, 6.07) is 45.5. The molecule has 0 unspecified atom stereocenters. The Balaban J connectivity index is 1.42. The van der Waals surface area contributed by atoms with Gasteiger partial charge in [-0.1, -0.05) is 103 Å². The molecule has 46 heavy (non-hydrogen) atoms. The van der Waals surface area contributed by atoms with Crippen LogP contribution in [0.25, 0.3) is 88.6 Å². The Morgan fingerprint density at radius 3 is 1.93 bits per heavy atom. The first-order chi connectivity index (χ1) is 22.8. The third-order valence-electron chi connectivity index (χ3n) is 9.09. The van der Waals surface area contributed by atoms with Crippen molar-refractivity contribution in [3.05, 3.63) is 158 Å². The highest BCUT2D eigenvalue weighted by atomic mass is 16.3. The number of aromatic nitrogens is 2. The number of benzene rings is 6. The molecule has 0 saturated heterocycles. The van der Waals surface area contributed by atoms with Crippen molar-refractivity contribution >= 4 is 71.8 Å². The topological polar surface area (TPSA) is 23.0 Å². The monoisotopic (exact) mass is 590 g/mol. The number of furan rings is 1. The molecule has 0 fully saturated rings. The molecule has 0 spiro atoms. The lowest BCUT2D eigenvalue weighted by atomic mass is 9.98. The summed E-state index contributed by atoms with van der Waals surface area (Å²) >= 11 is 0. The summed E-state index contributed by atoms with van der Waals surface area (Å²) in [5.74, 6) is 0. The molecule has 3 nitrogen and oxygen atoms in total. The number of rotatable bonds is 5. The molecule has 3 aromatic heterocycles. The summed E-state index contributed by atoms with van der Waals surface area (Å²) in [7, 11) is 0. The SMILES string of the molecule is C\C=C/C=C\C=C\n1c2ccccc2c2c3oc4c(ccc5c4c4c(-c6ccccc6)cccc4n5-c4ccccc4)c3ccc21. The second kappa shape index (κ2) is 10.5. The molecule has 218 valence electrons. The van der Waals surface area contributed by atoms with Crippen LogP contribution >= 0.6 is 0 Å². The van der Waals surface area contributed by atoms with E-state index in [1.54, 1.807) is 0 Å². The number of hydrogen-bond acceptors (Lipinski definition) is 1. The lowest BCUT2D eigenvalue weighted by molar-refractivity contribution is 0.677. The van der Waals surface area contributed by atoms with Gasteiger partial charge in [0.15, 0.2) is 0 Å². The Morgan fingerprint density at radius 1 is 0.478 bits per heavy atom. The van der Waals surface area contributed by atoms with Gasteiger partial charge >= 0.3 is 0 Å². The summed E-state index contributed by atoms with van der Waals surface area (Å²) in [6.45, 7) is 2.02. The van der Waals surface area contributed by atoms with Crippen molar-refractivity contribution in [2.75, 3.05) is 0 Å². The van der Waals surface area contributed by atoms with E-state index in [1.165, 1.54) is 21.9 Å². The predicted octanol–water partition coefficient (Wildman–Crippen LogP) is 12.1. The number of nitrogens with zero attached hydrogens (tertiary/aromatic N) is 2. The van der Waals surface area contributed by atoms with Crippen molar-refractivity contribution in [3.63, 3.8) is 0 Å². The summed E-state index contributed by atoms with van der Waals surface area (Å²) in [6.07, 6.45) is 12.4. The van der Waals surface area contributed by atoms with Gasteiger partial charge in [-0.2, -0.15) is 0 Å². The van der Waals surface area contributed by atoms with Crippen molar-refractivity contribution in [1.82, 2.24) is 9.13 Å². The molecule has 3 heteroatoms. The van der Waals surface area contributed by atoms with Crippen LogP contribution in [0.4, 0.5) is 0 Å². The Morgan fingerprint density at radius 2 is 1.13 bits per heavy atom. The normalized spacial score (nSPS) is 12.6. The van der Waals surface area contributed by atoms with Crippen LogP contribution in [0.2, 0.25) is 0 Å². The van der Waals surface area contributed by atoms with E-state index in [2.05, 4.69) is 155 Å². The zero-order valence-corrected chi connectivity index (χ0v) is 25.4. The lowest BCUT2D eigenvalue weighted by Gasteiger charge is -2.08. The van der Waals surface area contributed by atoms with Crippen LogP contribution in [-0.4, -0.2) is 9.13 Å². The van der Waals surface area contributed by atoms with E-state index in [0.29, 0.717) is 0 Å². The van der Waals surface area contributed by atoms with Crippen molar-refractivity contribution in [2.45, 2.75) is 6.92 Å². The highest BCUT2D eigenvalue weighted by Gasteiger charge is 2.23. The average Bonchev–Trinajstić information content (AvgIpc) is 3.76. The zero-order chi connectivity index (χ0) is 30.6. The van der Waals surface area contributed by atoms with Gasteiger partial charge in [-0.25, -0.2) is 0 Å². The molecule has 9 aromatic rings. The van der Waals surface area contributed by atoms with Gasteiger partial charge < -0.3 is 13.6 Å². The molecule has 0 atom stereocenters. The molecule has 3 heterocycles. The van der Waals surface area contributed by atoms with Crippen LogP contribution in [0.5, 0.6) is 0 Å². The van der Waals surface area contributed by atoms with Crippen LogP contribution in [0.15, 0.2) is 162 Å². The minimum Gasteiger partial charge on any atom is -0.455 e. The van der Waals surface area contributed by atoms with E-state index in [0.717, 1.165) is 60.5 Å². The van der Waals surface area contributed by atoms with Gasteiger partial charge in [-0.15, -0.1) is 0 Å². The molecule has 0 aliphatic carbocycles. The first-order valence-electron chi connectivity index (χ1n) is 15.7. The molecule has 0 N–H and O–H groups in total. The number of para-hydroxylation sites is 2. The van der Waals surface area contributed by atoms with Crippen molar-refractivity contribution in [3.8, 4) is 16.8 Å². The number of hydrogen-bond donors (Lipinski definition) is 0. The molecule has 0 aliphatic heterocycles. The molecule has 0 bridgehead atoms. The molecule has 0 saturated carbocycles. The van der Waals surface area contributed by atoms with Crippen LogP contribution < -0.4 is 0 Å². The molecule has 9 rings (SSSR count). The van der Waals surface area contributed by atoms with E-state index in [9.17, 15) is 0 Å². The Labute approximate surface area is 266 Å². The quantitative estimate of drug-likeness (QED) is 0.183. The standard InChI is InChI=1S/C43H30N2O/c1-2-3-4-5-14-28-44-35-22-13-12-20-34(35)40-36(44)26-24-32-33-25-27-38-41(43(33)46-42(32)40)39-31(29-16-8-6-9-17-29)21-15-23-37(39)45(38)30-18-10-7-11-19-30/h2-28H,1H3/b3-2-,5-4-,28-14+. The van der Waals surface area contributed by atoms with E-state index in [-0.39, 0.29) is 0 Å². The fraction of sp³-hybridized carbons (Fsp3) is 0.0233. The second-order valence-electron chi connectivity index (χ2n) is 11.7. The highest BCUT2D eigenvalue weighted by Crippen LogP contribution is 2.46. The molecule has 0 radical (unpaired) electrons. The first-order valence-corrected chi connectivity index (χ1v) is 15.7. The largest absolute Gasteiger partial charge is 0.455 e. The van der Waals surface area contributed by atoms with E-state index < -0.39 is 0 Å². The van der Waals surface area contributed by atoms with E-state index in [4.69, 9.17) is 4.42 Å². The average molecular weight is 591 g/mol. The Kier molecular flexibility index (Phi) is 6.04. The Hall–Kier alpha value is -6.06. The third-order valence-corrected chi connectivity index (χ3v) is 9.09. The third kappa shape index (κ3) is 3.85. The van der Waals surface area contributed by atoms with Crippen molar-refractivity contribution in [1.29, 1.82) is 0 Å². The predicted molar refractivity (Wildman–Crippen MR) is 196 cm³/mol. The van der Waals surface area contributed by atoms with Crippen molar-refractivity contribution < 1.29 is 4.42 Å². The Bertz CT molecular complexity index is 2680. The van der Waals surface area contributed by atoms with Gasteiger partial charge in [-0.3, -0.25) is 0 Å². The molecular formula is C43H30N2O. The lowest BCUT2D eigenvalue weighted by Crippen LogP contribution is -1.92. The molecular weight excluding hydrogens is 560 g/mol. The summed E-state index contributed by atoms with van der Waals surface area (Å²) in [5, 5.41) is 6.90. The maximum Gasteiger partial charge on any atom is 0.145 e. The van der Waals surface area contributed by atoms with Gasteiger partial charge in [0, 0.05) is 33.4 Å². The summed E-state index contributed by atoms with van der Waals surface area (Å²) < 4.78 is 11.8. The van der Waals surface area contributed by atoms with Crippen LogP contribution in [0.3, 0.4) is 0 Å². The maximum atomic E-state index is 7.13.